The lowest BCUT2D eigenvalue weighted by molar-refractivity contribution is 0.0912. The molecule has 2 heterocycles. The van der Waals surface area contributed by atoms with E-state index < -0.39 is 0 Å². The Bertz CT molecular complexity index is 976. The van der Waals surface area contributed by atoms with E-state index in [9.17, 15) is 4.79 Å². The van der Waals surface area contributed by atoms with Gasteiger partial charge in [-0.2, -0.15) is 5.10 Å². The molecule has 2 aromatic carbocycles. The van der Waals surface area contributed by atoms with Crippen LogP contribution in [0.2, 0.25) is 5.02 Å². The molecule has 0 bridgehead atoms. The lowest BCUT2D eigenvalue weighted by Gasteiger charge is -2.32. The third-order valence-corrected chi connectivity index (χ3v) is 5.81. The van der Waals surface area contributed by atoms with Crippen LogP contribution in [0.5, 0.6) is 0 Å². The summed E-state index contributed by atoms with van der Waals surface area (Å²) in [6.07, 6.45) is 4.95. The maximum atomic E-state index is 13.2. The first-order chi connectivity index (χ1) is 14.6. The Kier molecular flexibility index (Phi) is 6.50. The van der Waals surface area contributed by atoms with Gasteiger partial charge in [-0.1, -0.05) is 48.9 Å². The molecular weight excluding hydrogens is 396 g/mol. The second-order valence-corrected chi connectivity index (χ2v) is 8.20. The van der Waals surface area contributed by atoms with Crippen molar-refractivity contribution in [3.05, 3.63) is 71.4 Å². The first kappa shape index (κ1) is 20.6. The van der Waals surface area contributed by atoms with Crippen molar-refractivity contribution < 1.29 is 4.79 Å². The predicted octanol–water partition coefficient (Wildman–Crippen LogP) is 4.80. The molecule has 0 unspecified atom stereocenters. The van der Waals surface area contributed by atoms with Crippen LogP contribution in [-0.2, 0) is 0 Å². The maximum Gasteiger partial charge on any atom is 0.255 e. The number of para-hydroxylation sites is 1. The van der Waals surface area contributed by atoms with Gasteiger partial charge in [-0.25, -0.2) is 4.68 Å². The van der Waals surface area contributed by atoms with Gasteiger partial charge in [0.1, 0.15) is 5.69 Å². The van der Waals surface area contributed by atoms with E-state index in [-0.39, 0.29) is 11.9 Å². The number of nitrogens with zero attached hydrogens (tertiary/aromatic N) is 3. The van der Waals surface area contributed by atoms with Crippen LogP contribution in [-0.4, -0.2) is 46.3 Å². The molecule has 30 heavy (non-hydrogen) atoms. The average molecular weight is 423 g/mol. The van der Waals surface area contributed by atoms with Crippen molar-refractivity contribution in [3.63, 3.8) is 0 Å². The van der Waals surface area contributed by atoms with Gasteiger partial charge in [-0.05, 0) is 50.1 Å². The molecule has 1 aliphatic rings. The minimum absolute atomic E-state index is 0.0731. The summed E-state index contributed by atoms with van der Waals surface area (Å²) >= 11 is 6.06. The van der Waals surface area contributed by atoms with Gasteiger partial charge in [-0.15, -0.1) is 0 Å². The molecule has 0 aliphatic carbocycles. The number of halogens is 1. The molecule has 4 rings (SSSR count). The van der Waals surface area contributed by atoms with Crippen LogP contribution in [0.4, 0.5) is 0 Å². The van der Waals surface area contributed by atoms with Crippen LogP contribution in [0.1, 0.15) is 36.5 Å². The first-order valence-corrected chi connectivity index (χ1v) is 11.0. The minimum Gasteiger partial charge on any atom is -0.349 e. The van der Waals surface area contributed by atoms with E-state index in [1.807, 2.05) is 60.8 Å². The van der Waals surface area contributed by atoms with Crippen molar-refractivity contribution in [2.24, 2.45) is 0 Å². The van der Waals surface area contributed by atoms with E-state index in [2.05, 4.69) is 17.1 Å². The van der Waals surface area contributed by atoms with Crippen LogP contribution in [0.3, 0.4) is 0 Å². The van der Waals surface area contributed by atoms with Crippen LogP contribution in [0.25, 0.3) is 16.9 Å². The largest absolute Gasteiger partial charge is 0.349 e. The number of hydrogen-bond donors (Lipinski definition) is 1. The summed E-state index contributed by atoms with van der Waals surface area (Å²) in [5.74, 6) is -0.0731. The van der Waals surface area contributed by atoms with Crippen LogP contribution < -0.4 is 5.32 Å². The van der Waals surface area contributed by atoms with Gasteiger partial charge in [0.15, 0.2) is 0 Å². The molecule has 1 N–H and O–H groups in total. The Morgan fingerprint density at radius 1 is 1.10 bits per heavy atom. The molecule has 5 nitrogen and oxygen atoms in total. The van der Waals surface area contributed by atoms with E-state index in [0.717, 1.165) is 43.7 Å². The Morgan fingerprint density at radius 2 is 1.80 bits per heavy atom. The Morgan fingerprint density at radius 3 is 2.47 bits per heavy atom. The highest BCUT2D eigenvalue weighted by atomic mass is 35.5. The molecule has 0 saturated carbocycles. The number of aromatic nitrogens is 2. The molecular formula is C24H27ClN4O. The molecule has 156 valence electrons. The van der Waals surface area contributed by atoms with Crippen molar-refractivity contribution in [3.8, 4) is 16.9 Å². The van der Waals surface area contributed by atoms with E-state index in [1.165, 1.54) is 6.42 Å². The molecule has 0 spiro atoms. The highest BCUT2D eigenvalue weighted by Gasteiger charge is 2.24. The fourth-order valence-electron chi connectivity index (χ4n) is 3.95. The lowest BCUT2D eigenvalue weighted by atomic mass is 10.0. The third kappa shape index (κ3) is 4.74. The number of amides is 1. The number of hydrogen-bond acceptors (Lipinski definition) is 3. The topological polar surface area (TPSA) is 50.2 Å². The summed E-state index contributed by atoms with van der Waals surface area (Å²) in [5.41, 5.74) is 3.03. The van der Waals surface area contributed by atoms with E-state index >= 15 is 0 Å². The zero-order valence-electron chi connectivity index (χ0n) is 17.2. The monoisotopic (exact) mass is 422 g/mol. The van der Waals surface area contributed by atoms with Gasteiger partial charge < -0.3 is 10.2 Å². The van der Waals surface area contributed by atoms with Gasteiger partial charge >= 0.3 is 0 Å². The second kappa shape index (κ2) is 9.45. The highest BCUT2D eigenvalue weighted by molar-refractivity contribution is 6.30. The molecule has 3 aromatic rings. The highest BCUT2D eigenvalue weighted by Crippen LogP contribution is 2.26. The standard InChI is InChI=1S/C24H27ClN4O/c1-2-14-28-15-12-20(13-16-28)26-24(30)22-17-29(21-6-4-3-5-7-21)27-23(22)18-8-10-19(25)11-9-18/h3-11,17,20H,2,12-16H2,1H3,(H,26,30). The van der Waals surface area contributed by atoms with Crippen LogP contribution >= 0.6 is 11.6 Å². The number of piperidine rings is 1. The van der Waals surface area contributed by atoms with Crippen molar-refractivity contribution in [2.75, 3.05) is 19.6 Å². The fraction of sp³-hybridized carbons (Fsp3) is 0.333. The van der Waals surface area contributed by atoms with Crippen molar-refractivity contribution in [1.29, 1.82) is 0 Å². The SMILES string of the molecule is CCCN1CCC(NC(=O)c2cn(-c3ccccc3)nc2-c2ccc(Cl)cc2)CC1. The molecule has 1 amide bonds. The molecule has 1 saturated heterocycles. The van der Waals surface area contributed by atoms with E-state index in [4.69, 9.17) is 16.7 Å². The lowest BCUT2D eigenvalue weighted by Crippen LogP contribution is -2.44. The van der Waals surface area contributed by atoms with E-state index in [0.29, 0.717) is 16.3 Å². The number of carbonyl (C=O) groups is 1. The number of benzene rings is 2. The molecule has 1 aliphatic heterocycles. The predicted molar refractivity (Wildman–Crippen MR) is 121 cm³/mol. The number of rotatable bonds is 6. The van der Waals surface area contributed by atoms with Gasteiger partial charge in [0.2, 0.25) is 0 Å². The number of nitrogens with one attached hydrogen (secondary N) is 1. The molecule has 0 radical (unpaired) electrons. The van der Waals surface area contributed by atoms with Crippen LogP contribution in [0.15, 0.2) is 60.8 Å². The van der Waals surface area contributed by atoms with Crippen molar-refractivity contribution in [1.82, 2.24) is 20.0 Å². The Hall–Kier alpha value is -2.63. The summed E-state index contributed by atoms with van der Waals surface area (Å²) in [4.78, 5) is 15.7. The Balaban J connectivity index is 1.58. The molecule has 6 heteroatoms. The summed E-state index contributed by atoms with van der Waals surface area (Å²) in [6, 6.07) is 17.5. The average Bonchev–Trinajstić information content (AvgIpc) is 3.22. The fourth-order valence-corrected chi connectivity index (χ4v) is 4.08. The quantitative estimate of drug-likeness (QED) is 0.620. The summed E-state index contributed by atoms with van der Waals surface area (Å²) in [7, 11) is 0. The molecule has 1 aromatic heterocycles. The molecule has 0 atom stereocenters. The summed E-state index contributed by atoms with van der Waals surface area (Å²) in [5, 5.41) is 8.63. The van der Waals surface area contributed by atoms with Gasteiger partial charge in [0, 0.05) is 35.9 Å². The second-order valence-electron chi connectivity index (χ2n) is 7.77. The maximum absolute atomic E-state index is 13.2. The molecule has 1 fully saturated rings. The normalized spacial score (nSPS) is 15.3. The smallest absolute Gasteiger partial charge is 0.255 e. The van der Waals surface area contributed by atoms with Gasteiger partial charge in [0.25, 0.3) is 5.91 Å². The summed E-state index contributed by atoms with van der Waals surface area (Å²) in [6.45, 7) is 5.40. The zero-order chi connectivity index (χ0) is 20.9. The number of carbonyl (C=O) groups excluding carboxylic acids is 1. The zero-order valence-corrected chi connectivity index (χ0v) is 18.0. The minimum atomic E-state index is -0.0731. The third-order valence-electron chi connectivity index (χ3n) is 5.56. The first-order valence-electron chi connectivity index (χ1n) is 10.6. The van der Waals surface area contributed by atoms with Gasteiger partial charge in [0.05, 0.1) is 11.3 Å². The van der Waals surface area contributed by atoms with Crippen molar-refractivity contribution in [2.45, 2.75) is 32.2 Å². The van der Waals surface area contributed by atoms with Gasteiger partial charge in [-0.3, -0.25) is 4.79 Å². The van der Waals surface area contributed by atoms with Crippen LogP contribution in [0, 0.1) is 0 Å². The Labute approximate surface area is 182 Å². The van der Waals surface area contributed by atoms with E-state index in [1.54, 1.807) is 4.68 Å². The summed E-state index contributed by atoms with van der Waals surface area (Å²) < 4.78 is 1.77. The number of likely N-dealkylation sites (tertiary alicyclic amines) is 1. The van der Waals surface area contributed by atoms with Crippen molar-refractivity contribution >= 4 is 17.5 Å².